The molecule has 0 radical (unpaired) electrons. The summed E-state index contributed by atoms with van der Waals surface area (Å²) in [6, 6.07) is 6.99. The Labute approximate surface area is 95.4 Å². The number of hydrogen-bond donors (Lipinski definition) is 1. The maximum absolute atomic E-state index is 5.41. The molecule has 1 aromatic carbocycles. The van der Waals surface area contributed by atoms with Gasteiger partial charge in [-0.15, -0.1) is 0 Å². The van der Waals surface area contributed by atoms with Crippen molar-refractivity contribution in [2.45, 2.75) is 18.2 Å². The molecule has 1 aromatic rings. The average Bonchev–Trinajstić information content (AvgIpc) is 2.17. The largest absolute Gasteiger partial charge is 0.496 e. The fourth-order valence-electron chi connectivity index (χ4n) is 1.91. The molecule has 82 valence electrons. The molecule has 0 aromatic heterocycles. The van der Waals surface area contributed by atoms with E-state index in [4.69, 9.17) is 4.74 Å². The smallest absolute Gasteiger partial charge is 0.123 e. The number of hydrogen-bond acceptors (Lipinski definition) is 3. The highest BCUT2D eigenvalue weighted by molar-refractivity contribution is 8.01. The van der Waals surface area contributed by atoms with E-state index < -0.39 is 0 Å². The first-order valence-corrected chi connectivity index (χ1v) is 6.24. The molecule has 1 heterocycles. The number of likely N-dealkylation sites (N-methyl/N-ethyl adjacent to an activating group) is 1. The first-order chi connectivity index (χ1) is 7.26. The molecular formula is C12H17NOS. The lowest BCUT2D eigenvalue weighted by Gasteiger charge is -2.36. The van der Waals surface area contributed by atoms with E-state index in [2.05, 4.69) is 30.4 Å². The second-order valence-corrected chi connectivity index (χ2v) is 5.07. The first-order valence-electron chi connectivity index (χ1n) is 5.19. The van der Waals surface area contributed by atoms with E-state index in [1.807, 2.05) is 18.8 Å². The summed E-state index contributed by atoms with van der Waals surface area (Å²) in [6.07, 6.45) is 0. The van der Waals surface area contributed by atoms with E-state index in [9.17, 15) is 0 Å². The third-order valence-electron chi connectivity index (χ3n) is 2.88. The molecule has 0 spiro atoms. The van der Waals surface area contributed by atoms with Crippen LogP contribution in [0.3, 0.4) is 0 Å². The molecule has 1 saturated heterocycles. The Morgan fingerprint density at radius 2 is 2.27 bits per heavy atom. The second-order valence-electron chi connectivity index (χ2n) is 3.89. The van der Waals surface area contributed by atoms with Crippen molar-refractivity contribution in [1.29, 1.82) is 0 Å². The highest BCUT2D eigenvalue weighted by Gasteiger charge is 2.33. The molecule has 1 fully saturated rings. The molecule has 2 unspecified atom stereocenters. The SMILES string of the molecule is CNC1CSC1c1cc(C)ccc1OC. The fourth-order valence-corrected chi connectivity index (χ4v) is 3.15. The summed E-state index contributed by atoms with van der Waals surface area (Å²) in [4.78, 5) is 0. The van der Waals surface area contributed by atoms with E-state index in [0.29, 0.717) is 11.3 Å². The third-order valence-corrected chi connectivity index (χ3v) is 4.38. The molecule has 1 aliphatic rings. The standard InChI is InChI=1S/C12H17NOS/c1-8-4-5-11(14-3)9(6-8)12-10(13-2)7-15-12/h4-6,10,12-13H,7H2,1-3H3. The van der Waals surface area contributed by atoms with Gasteiger partial charge in [0.25, 0.3) is 0 Å². The Hall–Kier alpha value is -0.670. The van der Waals surface area contributed by atoms with Crippen LogP contribution in [0.2, 0.25) is 0 Å². The van der Waals surface area contributed by atoms with Crippen molar-refractivity contribution in [2.24, 2.45) is 0 Å². The number of nitrogens with one attached hydrogen (secondary N) is 1. The van der Waals surface area contributed by atoms with Gasteiger partial charge in [-0.2, -0.15) is 11.8 Å². The van der Waals surface area contributed by atoms with Crippen LogP contribution in [0.1, 0.15) is 16.4 Å². The number of rotatable bonds is 3. The Bertz CT molecular complexity index is 351. The molecule has 15 heavy (non-hydrogen) atoms. The van der Waals surface area contributed by atoms with Gasteiger partial charge in [-0.25, -0.2) is 0 Å². The third kappa shape index (κ3) is 1.99. The summed E-state index contributed by atoms with van der Waals surface area (Å²) < 4.78 is 5.41. The molecular weight excluding hydrogens is 206 g/mol. The van der Waals surface area contributed by atoms with Crippen molar-refractivity contribution in [1.82, 2.24) is 5.32 Å². The summed E-state index contributed by atoms with van der Waals surface area (Å²) in [5.41, 5.74) is 2.63. The molecule has 1 aliphatic heterocycles. The summed E-state index contributed by atoms with van der Waals surface area (Å²) in [5, 5.41) is 3.89. The van der Waals surface area contributed by atoms with Crippen LogP contribution in [0, 0.1) is 6.92 Å². The van der Waals surface area contributed by atoms with Crippen LogP contribution in [-0.2, 0) is 0 Å². The summed E-state index contributed by atoms with van der Waals surface area (Å²) >= 11 is 1.99. The van der Waals surface area contributed by atoms with Gasteiger partial charge in [0.15, 0.2) is 0 Å². The molecule has 2 nitrogen and oxygen atoms in total. The minimum Gasteiger partial charge on any atom is -0.496 e. The maximum atomic E-state index is 5.41. The van der Waals surface area contributed by atoms with Gasteiger partial charge in [-0.1, -0.05) is 17.7 Å². The van der Waals surface area contributed by atoms with Gasteiger partial charge in [-0.3, -0.25) is 0 Å². The van der Waals surface area contributed by atoms with Crippen LogP contribution < -0.4 is 10.1 Å². The van der Waals surface area contributed by atoms with Crippen molar-refractivity contribution in [3.8, 4) is 5.75 Å². The number of benzene rings is 1. The van der Waals surface area contributed by atoms with Crippen molar-refractivity contribution in [3.05, 3.63) is 29.3 Å². The maximum Gasteiger partial charge on any atom is 0.123 e. The van der Waals surface area contributed by atoms with Crippen LogP contribution in [0.25, 0.3) is 0 Å². The molecule has 2 atom stereocenters. The molecule has 2 rings (SSSR count). The predicted octanol–water partition coefficient (Wildman–Crippen LogP) is 2.38. The molecule has 0 amide bonds. The minimum absolute atomic E-state index is 0.546. The number of methoxy groups -OCH3 is 1. The van der Waals surface area contributed by atoms with E-state index >= 15 is 0 Å². The van der Waals surface area contributed by atoms with E-state index in [1.165, 1.54) is 16.9 Å². The van der Waals surface area contributed by atoms with Crippen LogP contribution in [0.5, 0.6) is 5.75 Å². The molecule has 0 bridgehead atoms. The van der Waals surface area contributed by atoms with Gasteiger partial charge in [0.2, 0.25) is 0 Å². The van der Waals surface area contributed by atoms with Crippen LogP contribution in [-0.4, -0.2) is 26.0 Å². The number of ether oxygens (including phenoxy) is 1. The number of thioether (sulfide) groups is 1. The van der Waals surface area contributed by atoms with E-state index in [-0.39, 0.29) is 0 Å². The summed E-state index contributed by atoms with van der Waals surface area (Å²) in [6.45, 7) is 2.13. The van der Waals surface area contributed by atoms with Gasteiger partial charge < -0.3 is 10.1 Å². The Morgan fingerprint density at radius 1 is 1.47 bits per heavy atom. The van der Waals surface area contributed by atoms with Gasteiger partial charge in [0.05, 0.1) is 7.11 Å². The van der Waals surface area contributed by atoms with Crippen molar-refractivity contribution < 1.29 is 4.74 Å². The molecule has 3 heteroatoms. The van der Waals surface area contributed by atoms with E-state index in [1.54, 1.807) is 7.11 Å². The quantitative estimate of drug-likeness (QED) is 0.850. The average molecular weight is 223 g/mol. The van der Waals surface area contributed by atoms with E-state index in [0.717, 1.165) is 5.75 Å². The van der Waals surface area contributed by atoms with Gasteiger partial charge in [0, 0.05) is 22.6 Å². The van der Waals surface area contributed by atoms with Gasteiger partial charge in [0.1, 0.15) is 5.75 Å². The van der Waals surface area contributed by atoms with Crippen molar-refractivity contribution >= 4 is 11.8 Å². The Kier molecular flexibility index (Phi) is 3.22. The highest BCUT2D eigenvalue weighted by atomic mass is 32.2. The lowest BCUT2D eigenvalue weighted by atomic mass is 10.0. The zero-order valence-corrected chi connectivity index (χ0v) is 10.2. The van der Waals surface area contributed by atoms with Crippen molar-refractivity contribution in [3.63, 3.8) is 0 Å². The minimum atomic E-state index is 0.546. The van der Waals surface area contributed by atoms with Crippen LogP contribution in [0.4, 0.5) is 0 Å². The normalized spacial score (nSPS) is 24.7. The fraction of sp³-hybridized carbons (Fsp3) is 0.500. The lowest BCUT2D eigenvalue weighted by molar-refractivity contribution is 0.405. The molecule has 0 saturated carbocycles. The lowest BCUT2D eigenvalue weighted by Crippen LogP contribution is -2.40. The second kappa shape index (κ2) is 4.45. The molecule has 1 N–H and O–H groups in total. The highest BCUT2D eigenvalue weighted by Crippen LogP contribution is 2.46. The number of aryl methyl sites for hydroxylation is 1. The summed E-state index contributed by atoms with van der Waals surface area (Å²) in [7, 11) is 3.77. The summed E-state index contributed by atoms with van der Waals surface area (Å²) in [5.74, 6) is 2.20. The Morgan fingerprint density at radius 3 is 2.80 bits per heavy atom. The van der Waals surface area contributed by atoms with Crippen molar-refractivity contribution in [2.75, 3.05) is 19.9 Å². The zero-order valence-electron chi connectivity index (χ0n) is 9.41. The predicted molar refractivity (Wildman–Crippen MR) is 65.8 cm³/mol. The van der Waals surface area contributed by atoms with Gasteiger partial charge in [-0.05, 0) is 20.0 Å². The topological polar surface area (TPSA) is 21.3 Å². The zero-order chi connectivity index (χ0) is 10.8. The van der Waals surface area contributed by atoms with Crippen LogP contribution in [0.15, 0.2) is 18.2 Å². The monoisotopic (exact) mass is 223 g/mol. The Balaban J connectivity index is 2.29. The molecule has 0 aliphatic carbocycles. The van der Waals surface area contributed by atoms with Crippen LogP contribution >= 0.6 is 11.8 Å². The van der Waals surface area contributed by atoms with Gasteiger partial charge >= 0.3 is 0 Å². The first kappa shape index (κ1) is 10.8.